The first kappa shape index (κ1) is 27.2. The van der Waals surface area contributed by atoms with Gasteiger partial charge in [-0.25, -0.2) is 0 Å². The Morgan fingerprint density at radius 3 is 1.50 bits per heavy atom. The maximum Gasteiger partial charge on any atom is -0.0809 e. The number of hydrogen-bond acceptors (Lipinski definition) is 0. The molecule has 0 bridgehead atoms. The molecule has 138 valence electrons. The van der Waals surface area contributed by atoms with E-state index in [1.54, 1.807) is 24.2 Å². The molecule has 4 rings (SSSR count). The maximum absolute atomic E-state index is 2.27. The Kier molecular flexibility index (Phi) is 16.9. The van der Waals surface area contributed by atoms with Gasteiger partial charge in [0.25, 0.3) is 0 Å². The third kappa shape index (κ3) is 9.08. The molecule has 3 heteroatoms. The summed E-state index contributed by atoms with van der Waals surface area (Å²) in [5, 5.41) is 5.32. The van der Waals surface area contributed by atoms with Gasteiger partial charge in [0.1, 0.15) is 0 Å². The molecule has 0 saturated heterocycles. The van der Waals surface area contributed by atoms with E-state index < -0.39 is 0 Å². The Hall–Kier alpha value is -1.01. The van der Waals surface area contributed by atoms with Crippen LogP contribution in [-0.2, 0) is 24.2 Å². The molecule has 0 nitrogen and oxygen atoms in total. The fraction of sp³-hybridized carbons (Fsp3) is 0.130. The predicted octanol–water partition coefficient (Wildman–Crippen LogP) is 0.711. The summed E-state index contributed by atoms with van der Waals surface area (Å²) in [4.78, 5) is 0. The second-order valence-corrected chi connectivity index (χ2v) is 6.31. The first-order valence-electron chi connectivity index (χ1n) is 8.05. The Bertz CT molecular complexity index is 704. The third-order valence-electron chi connectivity index (χ3n) is 3.53. The van der Waals surface area contributed by atoms with Crippen LogP contribution in [0.25, 0.3) is 21.5 Å². The van der Waals surface area contributed by atoms with E-state index in [1.165, 1.54) is 34.4 Å². The molecular formula is C23H25Cl2Zr-3. The summed E-state index contributed by atoms with van der Waals surface area (Å²) in [7, 11) is 0. The van der Waals surface area contributed by atoms with E-state index in [0.29, 0.717) is 0 Å². The number of halogens is 2. The van der Waals surface area contributed by atoms with Gasteiger partial charge in [-0.3, -0.25) is 0 Å². The van der Waals surface area contributed by atoms with Gasteiger partial charge in [0.2, 0.25) is 0 Å². The van der Waals surface area contributed by atoms with Crippen LogP contribution < -0.4 is 24.8 Å². The van der Waals surface area contributed by atoms with Crippen molar-refractivity contribution in [2.75, 3.05) is 0 Å². The number of rotatable bonds is 2. The standard InChI is InChI=1S/2C9H7.C4H8.CH3.2ClH.Zr/c2*1-2-5-9-7-3-6-8(9)4-1;1-3-4-2;;;;/h2*1-7H;1H,3-4H2,2H3;1H3;2*1H;/q2*-1;;-1;;;+2/p-2. The molecule has 0 atom stereocenters. The molecule has 0 saturated carbocycles. The van der Waals surface area contributed by atoms with Crippen molar-refractivity contribution in [3.8, 4) is 0 Å². The zero-order valence-corrected chi connectivity index (χ0v) is 19.3. The van der Waals surface area contributed by atoms with Crippen molar-refractivity contribution in [1.29, 1.82) is 0 Å². The Morgan fingerprint density at radius 2 is 1.19 bits per heavy atom. The van der Waals surface area contributed by atoms with E-state index in [1.807, 2.05) is 0 Å². The van der Waals surface area contributed by atoms with Gasteiger partial charge in [0, 0.05) is 0 Å². The zero-order chi connectivity index (χ0) is 16.3. The van der Waals surface area contributed by atoms with Gasteiger partial charge < -0.3 is 32.2 Å². The van der Waals surface area contributed by atoms with Crippen LogP contribution in [0.1, 0.15) is 19.8 Å². The SMILES string of the molecule is CCC[CH]=[Zr+2].[CH3-].[Cl-].[Cl-].c1ccc2[cH-]ccc2c1.c1ccc2[cH-]ccc2c1. The van der Waals surface area contributed by atoms with Crippen LogP contribution in [0.15, 0.2) is 84.9 Å². The fourth-order valence-corrected chi connectivity index (χ4v) is 2.99. The molecule has 0 fully saturated rings. The van der Waals surface area contributed by atoms with Crippen LogP contribution in [0.2, 0.25) is 0 Å². The molecule has 4 aromatic carbocycles. The van der Waals surface area contributed by atoms with Crippen molar-refractivity contribution in [3.05, 3.63) is 92.4 Å². The third-order valence-corrected chi connectivity index (χ3v) is 4.24. The summed E-state index contributed by atoms with van der Waals surface area (Å²) in [5.74, 6) is 0. The minimum absolute atomic E-state index is 0. The normalized spacial score (nSPS) is 8.58. The van der Waals surface area contributed by atoms with Crippen LogP contribution in [0.3, 0.4) is 0 Å². The zero-order valence-electron chi connectivity index (χ0n) is 15.3. The molecule has 0 spiro atoms. The van der Waals surface area contributed by atoms with E-state index in [4.69, 9.17) is 0 Å². The molecule has 0 amide bonds. The van der Waals surface area contributed by atoms with Gasteiger partial charge in [0.05, 0.1) is 0 Å². The van der Waals surface area contributed by atoms with Crippen LogP contribution in [-0.4, -0.2) is 3.71 Å². The Balaban J connectivity index is 0. The van der Waals surface area contributed by atoms with Gasteiger partial charge in [-0.15, -0.1) is 59.3 Å². The molecule has 0 aliphatic heterocycles. The maximum atomic E-state index is 2.27. The first-order valence-corrected chi connectivity index (χ1v) is 9.47. The number of benzene rings is 2. The molecule has 0 unspecified atom stereocenters. The molecule has 0 aromatic heterocycles. The largest absolute Gasteiger partial charge is 1.00 e. The number of hydrogen-bond donors (Lipinski definition) is 0. The van der Waals surface area contributed by atoms with Crippen molar-refractivity contribution in [1.82, 2.24) is 0 Å². The van der Waals surface area contributed by atoms with E-state index in [0.717, 1.165) is 0 Å². The van der Waals surface area contributed by atoms with E-state index >= 15 is 0 Å². The number of unbranched alkanes of at least 4 members (excludes halogenated alkanes) is 1. The van der Waals surface area contributed by atoms with Crippen LogP contribution in [0.4, 0.5) is 0 Å². The molecule has 4 aromatic rings. The van der Waals surface area contributed by atoms with Crippen molar-refractivity contribution < 1.29 is 49.0 Å². The summed E-state index contributed by atoms with van der Waals surface area (Å²) in [6.45, 7) is 2.19. The van der Waals surface area contributed by atoms with Gasteiger partial charge in [-0.2, -0.15) is 35.0 Å². The van der Waals surface area contributed by atoms with Gasteiger partial charge in [0.15, 0.2) is 0 Å². The Morgan fingerprint density at radius 1 is 0.769 bits per heavy atom. The molecule has 0 aliphatic carbocycles. The minimum Gasteiger partial charge on any atom is -1.00 e. The van der Waals surface area contributed by atoms with E-state index in [9.17, 15) is 0 Å². The molecule has 0 aliphatic rings. The van der Waals surface area contributed by atoms with E-state index in [2.05, 4.69) is 95.6 Å². The first-order chi connectivity index (χ1) is 11.3. The van der Waals surface area contributed by atoms with Crippen molar-refractivity contribution in [2.45, 2.75) is 19.8 Å². The second kappa shape index (κ2) is 16.2. The van der Waals surface area contributed by atoms with E-state index in [-0.39, 0.29) is 32.2 Å². The summed E-state index contributed by atoms with van der Waals surface area (Å²) < 4.78 is 2.27. The van der Waals surface area contributed by atoms with Crippen molar-refractivity contribution in [3.63, 3.8) is 0 Å². The average Bonchev–Trinajstić information content (AvgIpc) is 3.26. The molecule has 0 heterocycles. The topological polar surface area (TPSA) is 0 Å². The van der Waals surface area contributed by atoms with Crippen LogP contribution in [0, 0.1) is 7.43 Å². The summed E-state index contributed by atoms with van der Waals surface area (Å²) in [6.07, 6.45) is 2.61. The number of fused-ring (bicyclic) bond motifs is 2. The summed E-state index contributed by atoms with van der Waals surface area (Å²) >= 11 is 1.56. The molecule has 0 radical (unpaired) electrons. The van der Waals surface area contributed by atoms with Crippen LogP contribution in [0.5, 0.6) is 0 Å². The minimum atomic E-state index is 0. The monoisotopic (exact) mass is 461 g/mol. The van der Waals surface area contributed by atoms with Gasteiger partial charge in [-0.05, 0) is 0 Å². The summed E-state index contributed by atoms with van der Waals surface area (Å²) in [6, 6.07) is 29.3. The van der Waals surface area contributed by atoms with Crippen LogP contribution >= 0.6 is 0 Å². The van der Waals surface area contributed by atoms with Crippen molar-refractivity contribution >= 4 is 25.3 Å². The average molecular weight is 464 g/mol. The predicted molar refractivity (Wildman–Crippen MR) is 106 cm³/mol. The molecular weight excluding hydrogens is 438 g/mol. The molecule has 26 heavy (non-hydrogen) atoms. The smallest absolute Gasteiger partial charge is 0.0809 e. The fourth-order valence-electron chi connectivity index (χ4n) is 2.28. The van der Waals surface area contributed by atoms with Gasteiger partial charge in [-0.1, -0.05) is 12.1 Å². The van der Waals surface area contributed by atoms with Crippen molar-refractivity contribution in [2.24, 2.45) is 0 Å². The molecule has 0 N–H and O–H groups in total. The quantitative estimate of drug-likeness (QED) is 0.384. The summed E-state index contributed by atoms with van der Waals surface area (Å²) in [5.41, 5.74) is 0. The van der Waals surface area contributed by atoms with Gasteiger partial charge >= 0.3 is 47.7 Å². The second-order valence-electron chi connectivity index (χ2n) is 5.30. The Labute approximate surface area is 185 Å².